The first-order chi connectivity index (χ1) is 12.7. The van der Waals surface area contributed by atoms with Crippen LogP contribution in [0.5, 0.6) is 0 Å². The lowest BCUT2D eigenvalue weighted by atomic mass is 10.1. The lowest BCUT2D eigenvalue weighted by molar-refractivity contribution is 0.0947. The van der Waals surface area contributed by atoms with Gasteiger partial charge in [-0.3, -0.25) is 19.1 Å². The lowest BCUT2D eigenvalue weighted by Crippen LogP contribution is -2.38. The number of hydrogen-bond donors (Lipinski definition) is 1. The first-order valence-corrected chi connectivity index (χ1v) is 9.66. The van der Waals surface area contributed by atoms with Crippen LogP contribution in [0, 0.1) is 0 Å². The van der Waals surface area contributed by atoms with Gasteiger partial charge in [0.05, 0.1) is 17.9 Å². The molecule has 4 heterocycles. The summed E-state index contributed by atoms with van der Waals surface area (Å²) in [4.78, 5) is 14.5. The molecule has 4 rings (SSSR count). The van der Waals surface area contributed by atoms with Crippen LogP contribution < -0.4 is 5.32 Å². The van der Waals surface area contributed by atoms with Crippen molar-refractivity contribution in [3.63, 3.8) is 0 Å². The number of amides is 1. The molecule has 1 aliphatic rings. The van der Waals surface area contributed by atoms with Gasteiger partial charge in [-0.1, -0.05) is 0 Å². The number of carbonyl (C=O) groups excluding carboxylic acids is 1. The van der Waals surface area contributed by atoms with E-state index in [0.29, 0.717) is 6.54 Å². The van der Waals surface area contributed by atoms with Gasteiger partial charge in [0.1, 0.15) is 0 Å². The summed E-state index contributed by atoms with van der Waals surface area (Å²) in [6.07, 6.45) is 6.69. The van der Waals surface area contributed by atoms with Gasteiger partial charge in [-0.05, 0) is 23.9 Å². The van der Waals surface area contributed by atoms with Gasteiger partial charge < -0.3 is 5.32 Å². The molecular weight excluding hydrogens is 348 g/mol. The van der Waals surface area contributed by atoms with E-state index >= 15 is 0 Å². The van der Waals surface area contributed by atoms with Gasteiger partial charge in [-0.25, -0.2) is 0 Å². The molecule has 1 amide bonds. The molecule has 136 valence electrons. The van der Waals surface area contributed by atoms with Crippen LogP contribution in [0.2, 0.25) is 0 Å². The van der Waals surface area contributed by atoms with Gasteiger partial charge in [-0.15, -0.1) is 0 Å². The van der Waals surface area contributed by atoms with Crippen molar-refractivity contribution in [2.24, 2.45) is 7.05 Å². The Labute approximate surface area is 156 Å². The average molecular weight is 370 g/mol. The van der Waals surface area contributed by atoms with Crippen LogP contribution >= 0.6 is 11.3 Å². The zero-order valence-electron chi connectivity index (χ0n) is 14.7. The van der Waals surface area contributed by atoms with Gasteiger partial charge in [0.2, 0.25) is 0 Å². The maximum atomic E-state index is 12.1. The number of fused-ring (bicyclic) bond motifs is 1. The number of rotatable bonds is 6. The Morgan fingerprint density at radius 1 is 1.38 bits per heavy atom. The first kappa shape index (κ1) is 17.0. The highest BCUT2D eigenvalue weighted by molar-refractivity contribution is 7.08. The van der Waals surface area contributed by atoms with Crippen molar-refractivity contribution in [1.29, 1.82) is 0 Å². The minimum atomic E-state index is -0.00466. The number of nitrogens with one attached hydrogen (secondary N) is 1. The van der Waals surface area contributed by atoms with E-state index in [1.54, 1.807) is 0 Å². The lowest BCUT2D eigenvalue weighted by Gasteiger charge is -2.33. The first-order valence-electron chi connectivity index (χ1n) is 8.72. The van der Waals surface area contributed by atoms with Gasteiger partial charge in [0.25, 0.3) is 5.91 Å². The van der Waals surface area contributed by atoms with Crippen molar-refractivity contribution in [2.75, 3.05) is 13.1 Å². The van der Waals surface area contributed by atoms with E-state index < -0.39 is 0 Å². The number of carbonyl (C=O) groups is 1. The van der Waals surface area contributed by atoms with Gasteiger partial charge in [0, 0.05) is 62.1 Å². The molecule has 3 aromatic rings. The Morgan fingerprint density at radius 2 is 2.31 bits per heavy atom. The fourth-order valence-electron chi connectivity index (χ4n) is 3.46. The summed E-state index contributed by atoms with van der Waals surface area (Å²) in [5.41, 5.74) is 3.16. The SMILES string of the molecule is Cn1cc(CN2Cc3ccnn3[C@@H](CCNC(=O)c3ccsc3)C2)cn1. The van der Waals surface area contributed by atoms with Crippen LogP contribution in [0.15, 0.2) is 41.5 Å². The molecule has 26 heavy (non-hydrogen) atoms. The Hall–Kier alpha value is -2.45. The van der Waals surface area contributed by atoms with Crippen LogP contribution in [0.25, 0.3) is 0 Å². The Morgan fingerprint density at radius 3 is 3.08 bits per heavy atom. The second-order valence-electron chi connectivity index (χ2n) is 6.67. The molecule has 0 radical (unpaired) electrons. The molecule has 0 saturated carbocycles. The van der Waals surface area contributed by atoms with Crippen molar-refractivity contribution in [3.05, 3.63) is 58.3 Å². The zero-order valence-corrected chi connectivity index (χ0v) is 15.5. The summed E-state index contributed by atoms with van der Waals surface area (Å²) in [6, 6.07) is 4.18. The molecule has 8 heteroatoms. The zero-order chi connectivity index (χ0) is 17.9. The van der Waals surface area contributed by atoms with Crippen molar-refractivity contribution in [1.82, 2.24) is 29.8 Å². The van der Waals surface area contributed by atoms with Gasteiger partial charge in [0.15, 0.2) is 0 Å². The van der Waals surface area contributed by atoms with Crippen LogP contribution in [0.3, 0.4) is 0 Å². The molecule has 0 aliphatic carbocycles. The molecule has 1 N–H and O–H groups in total. The predicted octanol–water partition coefficient (Wildman–Crippen LogP) is 2.06. The quantitative estimate of drug-likeness (QED) is 0.721. The molecule has 7 nitrogen and oxygen atoms in total. The van der Waals surface area contributed by atoms with Crippen LogP contribution in [-0.4, -0.2) is 43.5 Å². The highest BCUT2D eigenvalue weighted by Gasteiger charge is 2.25. The minimum Gasteiger partial charge on any atom is -0.352 e. The van der Waals surface area contributed by atoms with Crippen molar-refractivity contribution >= 4 is 17.2 Å². The fourth-order valence-corrected chi connectivity index (χ4v) is 4.09. The standard InChI is InChI=1S/C18H22N6OS/c1-22-9-14(8-21-22)10-23-11-16(24-17(12-23)3-6-20-24)2-5-19-18(25)15-4-7-26-13-15/h3-4,6-9,13,16H,2,5,10-12H2,1H3,(H,19,25)/t16-/m0/s1. The number of aryl methyl sites for hydroxylation is 1. The number of aromatic nitrogens is 4. The maximum absolute atomic E-state index is 12.1. The van der Waals surface area contributed by atoms with E-state index in [1.165, 1.54) is 22.6 Å². The van der Waals surface area contributed by atoms with E-state index in [0.717, 1.165) is 31.6 Å². The molecule has 0 spiro atoms. The number of nitrogens with zero attached hydrogens (tertiary/aromatic N) is 5. The van der Waals surface area contributed by atoms with E-state index in [4.69, 9.17) is 0 Å². The highest BCUT2D eigenvalue weighted by Crippen LogP contribution is 2.24. The summed E-state index contributed by atoms with van der Waals surface area (Å²) in [6.45, 7) is 3.31. The molecule has 0 fully saturated rings. The predicted molar refractivity (Wildman–Crippen MR) is 99.9 cm³/mol. The molecule has 0 unspecified atom stereocenters. The molecule has 1 atom stereocenters. The Balaban J connectivity index is 1.37. The van der Waals surface area contributed by atoms with E-state index in [2.05, 4.69) is 37.4 Å². The molecule has 0 aromatic carbocycles. The van der Waals surface area contributed by atoms with E-state index in [-0.39, 0.29) is 11.9 Å². The van der Waals surface area contributed by atoms with Gasteiger partial charge in [-0.2, -0.15) is 21.5 Å². The second kappa shape index (κ2) is 7.43. The third-order valence-corrected chi connectivity index (χ3v) is 5.35. The maximum Gasteiger partial charge on any atom is 0.252 e. The highest BCUT2D eigenvalue weighted by atomic mass is 32.1. The third-order valence-electron chi connectivity index (χ3n) is 4.66. The molecular formula is C18H22N6OS. The number of thiophene rings is 1. The van der Waals surface area contributed by atoms with Crippen molar-refractivity contribution in [2.45, 2.75) is 25.6 Å². The Kier molecular flexibility index (Phi) is 4.85. The largest absolute Gasteiger partial charge is 0.352 e. The molecule has 0 bridgehead atoms. The average Bonchev–Trinajstić information content (AvgIpc) is 3.36. The summed E-state index contributed by atoms with van der Waals surface area (Å²) in [5.74, 6) is -0.00466. The third kappa shape index (κ3) is 3.71. The van der Waals surface area contributed by atoms with Crippen molar-refractivity contribution < 1.29 is 4.79 Å². The summed E-state index contributed by atoms with van der Waals surface area (Å²) in [5, 5.41) is 15.6. The minimum absolute atomic E-state index is 0.00466. The molecule has 1 aliphatic heterocycles. The van der Waals surface area contributed by atoms with Crippen LogP contribution in [0.4, 0.5) is 0 Å². The normalized spacial score (nSPS) is 17.2. The van der Waals surface area contributed by atoms with E-state index in [1.807, 2.05) is 40.9 Å². The van der Waals surface area contributed by atoms with Gasteiger partial charge >= 0.3 is 0 Å². The topological polar surface area (TPSA) is 68.0 Å². The molecule has 0 saturated heterocycles. The Bertz CT molecular complexity index is 868. The monoisotopic (exact) mass is 370 g/mol. The number of hydrogen-bond acceptors (Lipinski definition) is 5. The second-order valence-corrected chi connectivity index (χ2v) is 7.45. The summed E-state index contributed by atoms with van der Waals surface area (Å²) < 4.78 is 3.94. The fraction of sp³-hybridized carbons (Fsp3) is 0.389. The smallest absolute Gasteiger partial charge is 0.252 e. The molecule has 3 aromatic heterocycles. The summed E-state index contributed by atoms with van der Waals surface area (Å²) >= 11 is 1.54. The van der Waals surface area contributed by atoms with Crippen molar-refractivity contribution in [3.8, 4) is 0 Å². The van der Waals surface area contributed by atoms with Crippen LogP contribution in [0.1, 0.15) is 34.1 Å². The van der Waals surface area contributed by atoms with E-state index in [9.17, 15) is 4.79 Å². The van der Waals surface area contributed by atoms with Crippen LogP contribution in [-0.2, 0) is 20.1 Å². The summed E-state index contributed by atoms with van der Waals surface area (Å²) in [7, 11) is 1.94.